The summed E-state index contributed by atoms with van der Waals surface area (Å²) < 4.78 is 18.7. The number of aromatic nitrogens is 4. The number of ether oxygens (including phenoxy) is 1. The Hall–Kier alpha value is -3.30. The predicted molar refractivity (Wildman–Crippen MR) is 91.8 cm³/mol. The van der Waals surface area contributed by atoms with Crippen molar-refractivity contribution >= 4 is 29.4 Å². The van der Waals surface area contributed by atoms with Crippen molar-refractivity contribution in [2.24, 2.45) is 4.99 Å². The molecule has 0 saturated carbocycles. The average molecular weight is 347 g/mol. The van der Waals surface area contributed by atoms with Gasteiger partial charge in [0.05, 0.1) is 18.5 Å². The van der Waals surface area contributed by atoms with Gasteiger partial charge >= 0.3 is 0 Å². The molecule has 0 aliphatic heterocycles. The highest BCUT2D eigenvalue weighted by molar-refractivity contribution is 6.11. The van der Waals surface area contributed by atoms with Gasteiger partial charge in [-0.15, -0.1) is 0 Å². The number of aromatic amines is 1. The highest BCUT2D eigenvalue weighted by Crippen LogP contribution is 2.26. The van der Waals surface area contributed by atoms with E-state index in [9.17, 15) is 9.18 Å². The molecule has 10 heteroatoms. The molecule has 0 unspecified atom stereocenters. The SMILES string of the molecule is C/C=C(F)\C=N/c1[nH]nc(N)c1C(=O)Nc1cncnc1OC(C)C. The van der Waals surface area contributed by atoms with Gasteiger partial charge in [-0.25, -0.2) is 14.4 Å². The van der Waals surface area contributed by atoms with Crippen LogP contribution in [0.25, 0.3) is 0 Å². The second kappa shape index (κ2) is 7.99. The third kappa shape index (κ3) is 4.59. The van der Waals surface area contributed by atoms with Crippen LogP contribution in [0.3, 0.4) is 0 Å². The van der Waals surface area contributed by atoms with Crippen LogP contribution in [-0.2, 0) is 0 Å². The summed E-state index contributed by atoms with van der Waals surface area (Å²) in [5, 5.41) is 8.79. The van der Waals surface area contributed by atoms with E-state index in [2.05, 4.69) is 30.5 Å². The number of carbonyl (C=O) groups is 1. The molecule has 0 radical (unpaired) electrons. The van der Waals surface area contributed by atoms with Gasteiger partial charge in [-0.2, -0.15) is 10.1 Å². The Balaban J connectivity index is 2.28. The molecular formula is C15H18FN7O2. The molecule has 4 N–H and O–H groups in total. The number of anilines is 2. The van der Waals surface area contributed by atoms with E-state index >= 15 is 0 Å². The van der Waals surface area contributed by atoms with Gasteiger partial charge in [0, 0.05) is 0 Å². The lowest BCUT2D eigenvalue weighted by Crippen LogP contribution is -2.16. The van der Waals surface area contributed by atoms with E-state index < -0.39 is 11.7 Å². The molecule has 0 aliphatic rings. The number of aliphatic imine (C=N–C) groups is 1. The van der Waals surface area contributed by atoms with Gasteiger partial charge in [0.2, 0.25) is 5.88 Å². The molecule has 9 nitrogen and oxygen atoms in total. The van der Waals surface area contributed by atoms with Gasteiger partial charge in [-0.3, -0.25) is 9.89 Å². The first kappa shape index (κ1) is 18.0. The van der Waals surface area contributed by atoms with Crippen molar-refractivity contribution in [3.63, 3.8) is 0 Å². The number of rotatable bonds is 6. The summed E-state index contributed by atoms with van der Waals surface area (Å²) in [4.78, 5) is 24.2. The summed E-state index contributed by atoms with van der Waals surface area (Å²) >= 11 is 0. The van der Waals surface area contributed by atoms with Crippen LogP contribution < -0.4 is 15.8 Å². The first-order valence-electron chi connectivity index (χ1n) is 7.40. The molecule has 0 spiro atoms. The molecule has 0 atom stereocenters. The Morgan fingerprint density at radius 3 is 2.96 bits per heavy atom. The zero-order chi connectivity index (χ0) is 18.4. The molecule has 0 aliphatic carbocycles. The summed E-state index contributed by atoms with van der Waals surface area (Å²) in [6.07, 6.45) is 4.72. The van der Waals surface area contributed by atoms with Crippen molar-refractivity contribution in [2.45, 2.75) is 26.9 Å². The highest BCUT2D eigenvalue weighted by atomic mass is 19.1. The predicted octanol–water partition coefficient (Wildman–Crippen LogP) is 2.40. The Bertz CT molecular complexity index is 814. The van der Waals surface area contributed by atoms with E-state index in [-0.39, 0.29) is 34.9 Å². The number of hydrogen-bond donors (Lipinski definition) is 3. The number of halogens is 1. The number of nitrogens with two attached hydrogens (primary N) is 1. The zero-order valence-electron chi connectivity index (χ0n) is 13.9. The van der Waals surface area contributed by atoms with Crippen molar-refractivity contribution < 1.29 is 13.9 Å². The van der Waals surface area contributed by atoms with Crippen molar-refractivity contribution in [2.75, 3.05) is 11.1 Å². The molecule has 0 aromatic carbocycles. The van der Waals surface area contributed by atoms with Gasteiger partial charge in [0.25, 0.3) is 5.91 Å². The second-order valence-corrected chi connectivity index (χ2v) is 5.13. The van der Waals surface area contributed by atoms with Gasteiger partial charge < -0.3 is 15.8 Å². The van der Waals surface area contributed by atoms with E-state index in [1.165, 1.54) is 25.5 Å². The number of hydrogen-bond acceptors (Lipinski definition) is 7. The van der Waals surface area contributed by atoms with Gasteiger partial charge in [-0.1, -0.05) is 6.08 Å². The molecule has 0 bridgehead atoms. The fourth-order valence-electron chi connectivity index (χ4n) is 1.77. The van der Waals surface area contributed by atoms with Gasteiger partial charge in [-0.05, 0) is 20.8 Å². The topological polar surface area (TPSA) is 131 Å². The summed E-state index contributed by atoms with van der Waals surface area (Å²) in [7, 11) is 0. The average Bonchev–Trinajstić information content (AvgIpc) is 2.94. The number of carbonyl (C=O) groups excluding carboxylic acids is 1. The summed E-state index contributed by atoms with van der Waals surface area (Å²) in [6.45, 7) is 5.16. The number of amides is 1. The maximum Gasteiger partial charge on any atom is 0.263 e. The van der Waals surface area contributed by atoms with Gasteiger partial charge in [0.15, 0.2) is 11.6 Å². The Labute approximate surface area is 143 Å². The fourth-order valence-corrected chi connectivity index (χ4v) is 1.77. The second-order valence-electron chi connectivity index (χ2n) is 5.13. The monoisotopic (exact) mass is 347 g/mol. The Kier molecular flexibility index (Phi) is 5.77. The molecule has 2 heterocycles. The minimum atomic E-state index is -0.609. The van der Waals surface area contributed by atoms with E-state index in [1.807, 2.05) is 13.8 Å². The lowest BCUT2D eigenvalue weighted by Gasteiger charge is -2.12. The zero-order valence-corrected chi connectivity index (χ0v) is 13.9. The smallest absolute Gasteiger partial charge is 0.263 e. The lowest BCUT2D eigenvalue weighted by molar-refractivity contribution is 0.102. The van der Waals surface area contributed by atoms with Crippen LogP contribution in [-0.4, -0.2) is 38.4 Å². The third-order valence-corrected chi connectivity index (χ3v) is 2.87. The van der Waals surface area contributed by atoms with Crippen LogP contribution in [0.15, 0.2) is 29.4 Å². The normalized spacial score (nSPS) is 12.0. The number of allylic oxidation sites excluding steroid dienone is 2. The molecule has 0 saturated heterocycles. The molecular weight excluding hydrogens is 329 g/mol. The maximum atomic E-state index is 13.2. The van der Waals surface area contributed by atoms with Crippen LogP contribution in [0.1, 0.15) is 31.1 Å². The lowest BCUT2D eigenvalue weighted by atomic mass is 10.2. The molecule has 132 valence electrons. The minimum absolute atomic E-state index is 0.0233. The molecule has 2 aromatic heterocycles. The first-order chi connectivity index (χ1) is 11.9. The summed E-state index contributed by atoms with van der Waals surface area (Å²) in [5.41, 5.74) is 5.94. The van der Waals surface area contributed by atoms with Crippen LogP contribution >= 0.6 is 0 Å². The number of nitrogens with one attached hydrogen (secondary N) is 2. The van der Waals surface area contributed by atoms with Crippen molar-refractivity contribution in [3.05, 3.63) is 30.0 Å². The van der Waals surface area contributed by atoms with E-state index in [1.54, 1.807) is 0 Å². The molecule has 25 heavy (non-hydrogen) atoms. The van der Waals surface area contributed by atoms with Crippen LogP contribution in [0, 0.1) is 0 Å². The van der Waals surface area contributed by atoms with Crippen LogP contribution in [0.5, 0.6) is 5.88 Å². The number of nitrogens with zero attached hydrogens (tertiary/aromatic N) is 4. The van der Waals surface area contributed by atoms with Crippen LogP contribution in [0.4, 0.5) is 21.7 Å². The number of nitrogen functional groups attached to an aromatic ring is 1. The first-order valence-corrected chi connectivity index (χ1v) is 7.40. The Morgan fingerprint density at radius 1 is 1.52 bits per heavy atom. The van der Waals surface area contributed by atoms with E-state index in [0.717, 1.165) is 6.21 Å². The summed E-state index contributed by atoms with van der Waals surface area (Å²) in [6, 6.07) is 0. The molecule has 2 rings (SSSR count). The van der Waals surface area contributed by atoms with Crippen molar-refractivity contribution in [1.82, 2.24) is 20.2 Å². The largest absolute Gasteiger partial charge is 0.473 e. The fraction of sp³-hybridized carbons (Fsp3) is 0.267. The standard InChI is InChI=1S/C15H18FN7O2/c1-4-9(16)5-19-13-11(12(17)22-23-13)14(24)21-10-6-18-7-20-15(10)25-8(2)3/h4-8H,1-3H3,(H,21,24)(H3,17,22,23)/b9-4+,19-5-. The molecule has 0 fully saturated rings. The minimum Gasteiger partial charge on any atom is -0.473 e. The van der Waals surface area contributed by atoms with Crippen molar-refractivity contribution in [1.29, 1.82) is 0 Å². The number of H-pyrrole nitrogens is 1. The molecule has 1 amide bonds. The van der Waals surface area contributed by atoms with Gasteiger partial charge in [0.1, 0.15) is 23.4 Å². The van der Waals surface area contributed by atoms with E-state index in [4.69, 9.17) is 10.5 Å². The quantitative estimate of drug-likeness (QED) is 0.688. The summed E-state index contributed by atoms with van der Waals surface area (Å²) in [5.74, 6) is -1.01. The molecule has 2 aromatic rings. The third-order valence-electron chi connectivity index (χ3n) is 2.87. The Morgan fingerprint density at radius 2 is 2.28 bits per heavy atom. The van der Waals surface area contributed by atoms with Crippen LogP contribution in [0.2, 0.25) is 0 Å². The van der Waals surface area contributed by atoms with E-state index in [0.29, 0.717) is 0 Å². The maximum absolute atomic E-state index is 13.2. The highest BCUT2D eigenvalue weighted by Gasteiger charge is 2.20. The van der Waals surface area contributed by atoms with Crippen molar-refractivity contribution in [3.8, 4) is 5.88 Å².